The van der Waals surface area contributed by atoms with Crippen LogP contribution in [0.1, 0.15) is 73.1 Å². The van der Waals surface area contributed by atoms with Gasteiger partial charge in [0.25, 0.3) is 5.91 Å². The zero-order chi connectivity index (χ0) is 46.3. The van der Waals surface area contributed by atoms with Crippen molar-refractivity contribution in [2.45, 2.75) is 76.7 Å². The highest BCUT2D eigenvalue weighted by Crippen LogP contribution is 2.34. The summed E-state index contributed by atoms with van der Waals surface area (Å²) in [6, 6.07) is 4.94. The van der Waals surface area contributed by atoms with Gasteiger partial charge in [-0.3, -0.25) is 38.9 Å². The van der Waals surface area contributed by atoms with Gasteiger partial charge in [0.05, 0.1) is 31.0 Å². The Bertz CT molecular complexity index is 2030. The minimum Gasteiger partial charge on any atom is -0.404 e. The van der Waals surface area contributed by atoms with Gasteiger partial charge in [-0.1, -0.05) is 11.9 Å². The highest BCUT2D eigenvalue weighted by atomic mass is 32.2. The third-order valence-corrected chi connectivity index (χ3v) is 11.9. The lowest BCUT2D eigenvalue weighted by Gasteiger charge is -2.36. The Morgan fingerprint density at radius 2 is 1.84 bits per heavy atom. The first-order valence-electron chi connectivity index (χ1n) is 21.3. The topological polar surface area (TPSA) is 241 Å². The van der Waals surface area contributed by atoms with Gasteiger partial charge in [0, 0.05) is 112 Å². The molecule has 3 aliphatic heterocycles. The molecule has 0 bridgehead atoms. The average molecular weight is 916 g/mol. The predicted octanol–water partition coefficient (Wildman–Crippen LogP) is 2.62. The molecule has 1 aromatic carbocycles. The molecule has 3 saturated heterocycles. The number of rotatable bonds is 20. The number of aromatic nitrogens is 2. The molecule has 1 atom stereocenters. The first kappa shape index (κ1) is 49.8. The summed E-state index contributed by atoms with van der Waals surface area (Å²) in [5.41, 5.74) is 5.97. The number of benzene rings is 1. The van der Waals surface area contributed by atoms with Crippen molar-refractivity contribution in [3.8, 4) is 0 Å². The monoisotopic (exact) mass is 915 g/mol. The molecule has 350 valence electrons. The Morgan fingerprint density at radius 1 is 1.09 bits per heavy atom. The molecule has 1 unspecified atom stereocenters. The number of anilines is 2. The van der Waals surface area contributed by atoms with E-state index >= 15 is 0 Å². The van der Waals surface area contributed by atoms with Crippen LogP contribution in [0, 0.1) is 6.92 Å². The van der Waals surface area contributed by atoms with E-state index in [2.05, 4.69) is 55.1 Å². The number of aryl methyl sites for hydroxylation is 1. The number of carbonyl (C=O) groups is 3. The van der Waals surface area contributed by atoms with E-state index in [9.17, 15) is 32.7 Å². The van der Waals surface area contributed by atoms with Gasteiger partial charge >= 0.3 is 6.18 Å². The number of alkyl halides is 3. The number of ether oxygens (including phenoxy) is 1. The molecule has 18 nitrogen and oxygen atoms in total. The van der Waals surface area contributed by atoms with E-state index in [4.69, 9.17) is 16.3 Å². The molecule has 0 aliphatic carbocycles. The van der Waals surface area contributed by atoms with Gasteiger partial charge in [-0.2, -0.15) is 18.3 Å². The largest absolute Gasteiger partial charge is 0.419 e. The van der Waals surface area contributed by atoms with E-state index < -0.39 is 29.3 Å². The Morgan fingerprint density at radius 3 is 2.50 bits per heavy atom. The summed E-state index contributed by atoms with van der Waals surface area (Å²) in [6.45, 7) is 12.0. The molecular formula is C42H60F3N13O5S. The summed E-state index contributed by atoms with van der Waals surface area (Å²) in [7, 11) is 0. The van der Waals surface area contributed by atoms with Gasteiger partial charge in [-0.15, -0.1) is 0 Å². The predicted molar refractivity (Wildman–Crippen MR) is 243 cm³/mol. The Labute approximate surface area is 375 Å². The number of halogens is 3. The Kier molecular flexibility index (Phi) is 18.4. The normalized spacial score (nSPS) is 19.2. The lowest BCUT2D eigenvalue weighted by Crippen LogP contribution is -2.52. The zero-order valence-electron chi connectivity index (χ0n) is 36.6. The molecule has 3 aliphatic rings. The molecule has 64 heavy (non-hydrogen) atoms. The fourth-order valence-electron chi connectivity index (χ4n) is 7.15. The number of hydrazone groups is 1. The summed E-state index contributed by atoms with van der Waals surface area (Å²) in [5.74, 6) is 5.37. The molecule has 22 heteroatoms. The molecule has 5 rings (SSSR count). The molecule has 0 radical (unpaired) electrons. The number of aliphatic hydroxyl groups is 1. The number of allylic oxidation sites excluding steroid dienone is 1. The van der Waals surface area contributed by atoms with E-state index in [-0.39, 0.29) is 61.1 Å². The standard InChI is InChI=1S/C42H60F3N13O5S/c1-28-21-32(5-6-33(28)38(60)52-35-7-8-36(59)53-39(35)61)57-17-15-56(16-18-57)14-11-48-24-31(55-47)26-63-19-4-20-64-58-12-9-30(10-13-58)51-40-50-25-34(42(43,44)45)37(54-40)29(22-46)23-49-27-41(2,3)62/h5-6,21-25,30,35,62H,4,7-20,26-27,46-47H2,1-3H3,(H,52,60)(H,50,51,54)(H,53,59,61)/b29-22+,48-24?,49-23?,55-31+. The Balaban J connectivity index is 0.934. The van der Waals surface area contributed by atoms with Crippen molar-refractivity contribution < 1.29 is 37.4 Å². The molecule has 3 fully saturated rings. The van der Waals surface area contributed by atoms with Crippen molar-refractivity contribution in [2.24, 2.45) is 26.7 Å². The van der Waals surface area contributed by atoms with Crippen LogP contribution in [0.3, 0.4) is 0 Å². The fraction of sp³-hybridized carbons (Fsp3) is 0.571. The molecule has 0 saturated carbocycles. The number of hydrogen-bond donors (Lipinski definition) is 6. The fourth-order valence-corrected chi connectivity index (χ4v) is 8.12. The number of nitrogens with zero attached hydrogens (tertiary/aromatic N) is 8. The first-order valence-corrected chi connectivity index (χ1v) is 22.3. The van der Waals surface area contributed by atoms with Crippen LogP contribution in [-0.2, 0) is 20.5 Å². The van der Waals surface area contributed by atoms with Gasteiger partial charge in [0.2, 0.25) is 17.8 Å². The van der Waals surface area contributed by atoms with Crippen LogP contribution >= 0.6 is 11.9 Å². The van der Waals surface area contributed by atoms with Crippen molar-refractivity contribution in [3.63, 3.8) is 0 Å². The van der Waals surface area contributed by atoms with E-state index in [1.807, 2.05) is 19.1 Å². The minimum atomic E-state index is -4.71. The second-order valence-corrected chi connectivity index (χ2v) is 17.6. The van der Waals surface area contributed by atoms with Crippen LogP contribution in [0.5, 0.6) is 0 Å². The quantitative estimate of drug-likeness (QED) is 0.0280. The third kappa shape index (κ3) is 15.5. The van der Waals surface area contributed by atoms with Gasteiger partial charge in [-0.25, -0.2) is 9.97 Å². The molecule has 4 heterocycles. The van der Waals surface area contributed by atoms with Crippen LogP contribution in [0.4, 0.5) is 24.8 Å². The van der Waals surface area contributed by atoms with E-state index in [0.29, 0.717) is 24.4 Å². The van der Waals surface area contributed by atoms with E-state index in [1.54, 1.807) is 24.2 Å². The lowest BCUT2D eigenvalue weighted by molar-refractivity contribution is -0.138. The van der Waals surface area contributed by atoms with Crippen LogP contribution in [0.2, 0.25) is 0 Å². The number of piperazine rings is 1. The van der Waals surface area contributed by atoms with Crippen LogP contribution < -0.4 is 32.4 Å². The maximum Gasteiger partial charge on any atom is 0.419 e. The lowest BCUT2D eigenvalue weighted by atomic mass is 10.0. The van der Waals surface area contributed by atoms with Gasteiger partial charge in [0.15, 0.2) is 0 Å². The maximum atomic E-state index is 13.8. The molecule has 2 aromatic rings. The minimum absolute atomic E-state index is 0.0283. The third-order valence-electron chi connectivity index (χ3n) is 10.7. The number of carbonyl (C=O) groups excluding carboxylic acids is 3. The number of nitrogens with one attached hydrogen (secondary N) is 3. The van der Waals surface area contributed by atoms with Crippen molar-refractivity contribution >= 4 is 65.0 Å². The summed E-state index contributed by atoms with van der Waals surface area (Å²) in [4.78, 5) is 57.7. The van der Waals surface area contributed by atoms with Crippen molar-refractivity contribution in [2.75, 3.05) is 88.1 Å². The van der Waals surface area contributed by atoms with Crippen molar-refractivity contribution in [1.29, 1.82) is 0 Å². The maximum absolute atomic E-state index is 13.8. The second kappa shape index (κ2) is 23.7. The second-order valence-electron chi connectivity index (χ2n) is 16.4. The Hall–Kier alpha value is -5.16. The smallest absolute Gasteiger partial charge is 0.404 e. The van der Waals surface area contributed by atoms with Gasteiger partial charge in [-0.05, 0) is 70.2 Å². The number of aliphatic imine (C=N–C) groups is 2. The van der Waals surface area contributed by atoms with Crippen LogP contribution in [0.25, 0.3) is 5.57 Å². The zero-order valence-corrected chi connectivity index (χ0v) is 37.4. The van der Waals surface area contributed by atoms with E-state index in [1.165, 1.54) is 20.1 Å². The van der Waals surface area contributed by atoms with E-state index in [0.717, 1.165) is 94.5 Å². The summed E-state index contributed by atoms with van der Waals surface area (Å²) in [5, 5.41) is 21.9. The summed E-state index contributed by atoms with van der Waals surface area (Å²) in [6.07, 6.45) is 2.67. The van der Waals surface area contributed by atoms with Crippen LogP contribution in [0.15, 0.2) is 45.7 Å². The average Bonchev–Trinajstić information content (AvgIpc) is 3.25. The highest BCUT2D eigenvalue weighted by Gasteiger charge is 2.36. The molecular weight excluding hydrogens is 856 g/mol. The number of hydrogen-bond acceptors (Lipinski definition) is 17. The number of nitrogens with two attached hydrogens (primary N) is 2. The number of piperidine rings is 2. The summed E-state index contributed by atoms with van der Waals surface area (Å²) < 4.78 is 49.6. The van der Waals surface area contributed by atoms with Gasteiger partial charge < -0.3 is 37.0 Å². The van der Waals surface area contributed by atoms with Crippen molar-refractivity contribution in [3.05, 3.63) is 53.0 Å². The first-order chi connectivity index (χ1) is 30.5. The van der Waals surface area contributed by atoms with Crippen LogP contribution in [-0.4, -0.2) is 156 Å². The molecule has 0 spiro atoms. The number of imide groups is 1. The number of amides is 3. The molecule has 1 aromatic heterocycles. The molecule has 3 amide bonds. The molecule has 8 N–H and O–H groups in total. The van der Waals surface area contributed by atoms with Gasteiger partial charge in [0.1, 0.15) is 17.3 Å². The van der Waals surface area contributed by atoms with Crippen molar-refractivity contribution in [1.82, 2.24) is 29.8 Å². The highest BCUT2D eigenvalue weighted by molar-refractivity contribution is 7.97. The SMILES string of the molecule is Cc1cc(N2CCN(CCN=C/C(COCCCSN3CCC(Nc4ncc(C(F)(F)F)c(/C(C=NCC(C)(C)O)=C/N)n4)CC3)=N\N)CC2)ccc1C(=O)NC1CCC(=O)NC1=O. The summed E-state index contributed by atoms with van der Waals surface area (Å²) >= 11 is 1.72.